The maximum Gasteiger partial charge on any atom is 0.165 e. The van der Waals surface area contributed by atoms with Crippen molar-refractivity contribution in [1.82, 2.24) is 24.5 Å². The van der Waals surface area contributed by atoms with Gasteiger partial charge in [0.2, 0.25) is 0 Å². The van der Waals surface area contributed by atoms with E-state index in [1.165, 1.54) is 0 Å². The molecular formula is C13H20N6O. The van der Waals surface area contributed by atoms with E-state index in [1.54, 1.807) is 6.33 Å². The lowest BCUT2D eigenvalue weighted by molar-refractivity contribution is 0.173. The molecule has 20 heavy (non-hydrogen) atoms. The van der Waals surface area contributed by atoms with Gasteiger partial charge in [-0.05, 0) is 13.8 Å². The third-order valence-electron chi connectivity index (χ3n) is 3.88. The summed E-state index contributed by atoms with van der Waals surface area (Å²) in [5.74, 6) is 1.85. The van der Waals surface area contributed by atoms with E-state index in [9.17, 15) is 0 Å². The van der Waals surface area contributed by atoms with Crippen LogP contribution in [0.2, 0.25) is 0 Å². The smallest absolute Gasteiger partial charge is 0.165 e. The van der Waals surface area contributed by atoms with Gasteiger partial charge in [-0.1, -0.05) is 0 Å². The molecule has 1 N–H and O–H groups in total. The number of rotatable bonds is 3. The summed E-state index contributed by atoms with van der Waals surface area (Å²) in [4.78, 5) is 9.24. The Morgan fingerprint density at radius 3 is 3.00 bits per heavy atom. The van der Waals surface area contributed by atoms with Crippen LogP contribution in [0.15, 0.2) is 12.4 Å². The fourth-order valence-electron chi connectivity index (χ4n) is 2.82. The molecule has 3 heterocycles. The summed E-state index contributed by atoms with van der Waals surface area (Å²) in [6.45, 7) is 7.92. The number of anilines is 1. The van der Waals surface area contributed by atoms with Gasteiger partial charge >= 0.3 is 0 Å². The zero-order valence-corrected chi connectivity index (χ0v) is 11.9. The molecule has 7 nitrogen and oxygen atoms in total. The molecule has 108 valence electrons. The van der Waals surface area contributed by atoms with Gasteiger partial charge in [-0.25, -0.2) is 4.98 Å². The number of β-amino-alcohol motifs (C(OH)–C–C–N with tert-alkyl or cyclic N) is 1. The normalized spacial score (nSPS) is 20.8. The first kappa shape index (κ1) is 13.3. The Bertz CT molecular complexity index is 598. The van der Waals surface area contributed by atoms with Crippen LogP contribution in [0, 0.1) is 6.92 Å². The molecule has 1 unspecified atom stereocenters. The van der Waals surface area contributed by atoms with E-state index in [0.29, 0.717) is 6.04 Å². The van der Waals surface area contributed by atoms with Gasteiger partial charge in [0.1, 0.15) is 18.0 Å². The molecule has 0 aliphatic carbocycles. The molecule has 7 heteroatoms. The third-order valence-corrected chi connectivity index (χ3v) is 3.88. The Kier molecular flexibility index (Phi) is 3.54. The van der Waals surface area contributed by atoms with Crippen molar-refractivity contribution in [2.24, 2.45) is 0 Å². The average molecular weight is 276 g/mol. The number of nitrogens with zero attached hydrogens (tertiary/aromatic N) is 6. The first-order valence-corrected chi connectivity index (χ1v) is 6.96. The van der Waals surface area contributed by atoms with Crippen LogP contribution in [-0.4, -0.2) is 68.4 Å². The van der Waals surface area contributed by atoms with Gasteiger partial charge in [0, 0.05) is 38.3 Å². The van der Waals surface area contributed by atoms with Crippen molar-refractivity contribution in [3.05, 3.63) is 18.2 Å². The highest BCUT2D eigenvalue weighted by molar-refractivity contribution is 5.52. The second-order valence-electron chi connectivity index (χ2n) is 5.29. The first-order chi connectivity index (χ1) is 9.69. The maximum atomic E-state index is 9.03. The third kappa shape index (κ3) is 2.34. The molecule has 0 radical (unpaired) electrons. The molecule has 0 aromatic carbocycles. The summed E-state index contributed by atoms with van der Waals surface area (Å²) in [7, 11) is 0. The Labute approximate surface area is 117 Å². The number of fused-ring (bicyclic) bond motifs is 1. The average Bonchev–Trinajstić information content (AvgIpc) is 2.88. The molecule has 3 rings (SSSR count). The van der Waals surface area contributed by atoms with E-state index >= 15 is 0 Å². The van der Waals surface area contributed by atoms with Crippen LogP contribution < -0.4 is 4.90 Å². The lowest BCUT2D eigenvalue weighted by atomic mass is 10.2. The number of piperazine rings is 1. The minimum atomic E-state index is 0.218. The number of hydrogen-bond donors (Lipinski definition) is 1. The van der Waals surface area contributed by atoms with Crippen molar-refractivity contribution in [2.75, 3.05) is 37.7 Å². The molecule has 1 fully saturated rings. The molecular weight excluding hydrogens is 256 g/mol. The molecule has 2 aromatic heterocycles. The summed E-state index contributed by atoms with van der Waals surface area (Å²) in [5.41, 5.74) is 0.831. The lowest BCUT2D eigenvalue weighted by Crippen LogP contribution is -2.52. The zero-order valence-electron chi connectivity index (χ0n) is 11.9. The van der Waals surface area contributed by atoms with Gasteiger partial charge in [-0.15, -0.1) is 10.2 Å². The largest absolute Gasteiger partial charge is 0.395 e. The lowest BCUT2D eigenvalue weighted by Gasteiger charge is -2.40. The van der Waals surface area contributed by atoms with Gasteiger partial charge in [-0.3, -0.25) is 9.30 Å². The van der Waals surface area contributed by atoms with Crippen LogP contribution in [0.1, 0.15) is 12.7 Å². The molecule has 1 aliphatic rings. The SMILES string of the molecule is Cc1nc(N2CCN(CCO)CC2C)cc2nncn12. The van der Waals surface area contributed by atoms with Crippen molar-refractivity contribution in [3.8, 4) is 0 Å². The van der Waals surface area contributed by atoms with Crippen molar-refractivity contribution in [2.45, 2.75) is 19.9 Å². The highest BCUT2D eigenvalue weighted by Gasteiger charge is 2.25. The summed E-state index contributed by atoms with van der Waals surface area (Å²) in [6, 6.07) is 2.35. The quantitative estimate of drug-likeness (QED) is 0.846. The van der Waals surface area contributed by atoms with E-state index < -0.39 is 0 Å². The van der Waals surface area contributed by atoms with Gasteiger partial charge < -0.3 is 10.0 Å². The maximum absolute atomic E-state index is 9.03. The Balaban J connectivity index is 1.84. The van der Waals surface area contributed by atoms with Gasteiger partial charge in [0.25, 0.3) is 0 Å². The number of aliphatic hydroxyl groups excluding tert-OH is 1. The van der Waals surface area contributed by atoms with Crippen LogP contribution in [0.3, 0.4) is 0 Å². The Hall–Kier alpha value is -1.73. The van der Waals surface area contributed by atoms with Gasteiger partial charge in [0.05, 0.1) is 6.61 Å². The van der Waals surface area contributed by atoms with Crippen LogP contribution in [0.4, 0.5) is 5.82 Å². The van der Waals surface area contributed by atoms with Crippen LogP contribution >= 0.6 is 0 Å². The molecule has 0 bridgehead atoms. The van der Waals surface area contributed by atoms with Crippen molar-refractivity contribution in [3.63, 3.8) is 0 Å². The molecule has 2 aromatic rings. The predicted molar refractivity (Wildman–Crippen MR) is 75.9 cm³/mol. The fourth-order valence-corrected chi connectivity index (χ4v) is 2.82. The predicted octanol–water partition coefficient (Wildman–Crippen LogP) is -0.0645. The summed E-state index contributed by atoms with van der Waals surface area (Å²) >= 11 is 0. The second kappa shape index (κ2) is 5.34. The van der Waals surface area contributed by atoms with Gasteiger partial charge in [0.15, 0.2) is 5.65 Å². The minimum Gasteiger partial charge on any atom is -0.395 e. The molecule has 0 amide bonds. The Morgan fingerprint density at radius 2 is 2.25 bits per heavy atom. The minimum absolute atomic E-state index is 0.218. The topological polar surface area (TPSA) is 69.8 Å². The standard InChI is InChI=1S/C13H20N6O/c1-10-8-17(5-6-20)3-4-18(10)12-7-13-16-14-9-19(13)11(2)15-12/h7,9-10,20H,3-6,8H2,1-2H3. The summed E-state index contributed by atoms with van der Waals surface area (Å²) in [6.07, 6.45) is 1.68. The van der Waals surface area contributed by atoms with Gasteiger partial charge in [-0.2, -0.15) is 0 Å². The Morgan fingerprint density at radius 1 is 1.40 bits per heavy atom. The van der Waals surface area contributed by atoms with E-state index in [2.05, 4.69) is 31.9 Å². The highest BCUT2D eigenvalue weighted by Crippen LogP contribution is 2.20. The van der Waals surface area contributed by atoms with E-state index in [1.807, 2.05) is 17.4 Å². The molecule has 1 aliphatic heterocycles. The fraction of sp³-hybridized carbons (Fsp3) is 0.615. The van der Waals surface area contributed by atoms with Crippen molar-refractivity contribution in [1.29, 1.82) is 0 Å². The van der Waals surface area contributed by atoms with Crippen LogP contribution in [0.25, 0.3) is 5.65 Å². The van der Waals surface area contributed by atoms with Crippen molar-refractivity contribution < 1.29 is 5.11 Å². The van der Waals surface area contributed by atoms with E-state index in [4.69, 9.17) is 5.11 Å². The first-order valence-electron chi connectivity index (χ1n) is 6.96. The number of hydrogen-bond acceptors (Lipinski definition) is 6. The molecule has 1 saturated heterocycles. The summed E-state index contributed by atoms with van der Waals surface area (Å²) in [5, 5.41) is 17.1. The number of aromatic nitrogens is 4. The highest BCUT2D eigenvalue weighted by atomic mass is 16.3. The molecule has 0 saturated carbocycles. The molecule has 1 atom stereocenters. The zero-order chi connectivity index (χ0) is 14.1. The van der Waals surface area contributed by atoms with Crippen molar-refractivity contribution >= 4 is 11.5 Å². The van der Waals surface area contributed by atoms with Crippen LogP contribution in [-0.2, 0) is 0 Å². The number of aryl methyl sites for hydroxylation is 1. The summed E-state index contributed by atoms with van der Waals surface area (Å²) < 4.78 is 1.89. The second-order valence-corrected chi connectivity index (χ2v) is 5.29. The monoisotopic (exact) mass is 276 g/mol. The molecule has 0 spiro atoms. The number of aliphatic hydroxyl groups is 1. The van der Waals surface area contributed by atoms with E-state index in [-0.39, 0.29) is 6.61 Å². The van der Waals surface area contributed by atoms with Crippen LogP contribution in [0.5, 0.6) is 0 Å². The van der Waals surface area contributed by atoms with E-state index in [0.717, 1.165) is 43.5 Å².